The van der Waals surface area contributed by atoms with Gasteiger partial charge in [-0.3, -0.25) is 0 Å². The molecule has 1 aliphatic rings. The summed E-state index contributed by atoms with van der Waals surface area (Å²) in [6.07, 6.45) is 0.680. The number of rotatable bonds is 2. The van der Waals surface area contributed by atoms with Gasteiger partial charge in [0.2, 0.25) is 0 Å². The van der Waals surface area contributed by atoms with Crippen molar-refractivity contribution in [2.24, 2.45) is 0 Å². The summed E-state index contributed by atoms with van der Waals surface area (Å²) in [4.78, 5) is 0. The van der Waals surface area contributed by atoms with Gasteiger partial charge in [-0.25, -0.2) is 0 Å². The Morgan fingerprint density at radius 3 is 1.81 bits per heavy atom. The summed E-state index contributed by atoms with van der Waals surface area (Å²) in [5.74, 6) is 0. The Bertz CT molecular complexity index is 1020. The second-order valence-electron chi connectivity index (χ2n) is 12.3. The van der Waals surface area contributed by atoms with Crippen molar-refractivity contribution in [3.63, 3.8) is 0 Å². The van der Waals surface area contributed by atoms with Gasteiger partial charge in [-0.15, -0.1) is 0 Å². The van der Waals surface area contributed by atoms with Gasteiger partial charge in [0.05, 0.1) is 0 Å². The standard InChI is InChI=1S/C21H25.C4H10N.C2H6Si.2ClH.Ti/c1-20(2,3)16-7-9-18-14(12-16)11-15-13-17(21(4,5)6)8-10-19(15)18;1-4(2,3)5;1-3-2;;;/h7-10,12H,11H2,1-6H3;5H,1-3H3;1-2H3;2*1H;/q;-1;;;;+3/p-2. The van der Waals surface area contributed by atoms with E-state index in [1.165, 1.54) is 22.3 Å². The Morgan fingerprint density at radius 2 is 1.34 bits per heavy atom. The van der Waals surface area contributed by atoms with Crippen molar-refractivity contribution in [3.05, 3.63) is 52.6 Å². The van der Waals surface area contributed by atoms with Crippen LogP contribution < -0.4 is 32.5 Å². The van der Waals surface area contributed by atoms with Gasteiger partial charge >= 0.3 is 193 Å². The molecule has 2 aromatic carbocycles. The maximum absolute atomic E-state index is 4.19. The molecule has 0 spiro atoms. The van der Waals surface area contributed by atoms with Gasteiger partial charge in [0.25, 0.3) is 0 Å². The number of hydrogen-bond acceptors (Lipinski definition) is 1. The van der Waals surface area contributed by atoms with Crippen molar-refractivity contribution in [1.29, 1.82) is 0 Å². The first-order valence-corrected chi connectivity index (χ1v) is 17.8. The maximum Gasteiger partial charge on any atom is -1.00 e. The molecule has 0 radical (unpaired) electrons. The third-order valence-electron chi connectivity index (χ3n) is 6.00. The summed E-state index contributed by atoms with van der Waals surface area (Å²) in [7, 11) is 0. The minimum atomic E-state index is -1.65. The molecule has 3 rings (SSSR count). The van der Waals surface area contributed by atoms with Crippen LogP contribution in [0.25, 0.3) is 11.1 Å². The molecule has 5 heteroatoms. The SMILES string of the molecule is C[Si](C)=[Ti+2]([NH]C(C)(C)C)[c]1c(C(C)(C)C)ccc2c1Cc1cc(C(C)(C)C)ccc1-2.[Cl-].[Cl-]. The Labute approximate surface area is 216 Å². The van der Waals surface area contributed by atoms with Crippen LogP contribution >= 0.6 is 0 Å². The van der Waals surface area contributed by atoms with E-state index in [9.17, 15) is 0 Å². The summed E-state index contributed by atoms with van der Waals surface area (Å²) in [6.45, 7) is 26.2. The number of nitrogens with one attached hydrogen (secondary N) is 1. The summed E-state index contributed by atoms with van der Waals surface area (Å²) in [5.41, 5.74) is 9.70. The molecule has 1 nitrogen and oxygen atoms in total. The van der Waals surface area contributed by atoms with Gasteiger partial charge in [-0.05, 0) is 0 Å². The fourth-order valence-electron chi connectivity index (χ4n) is 4.47. The summed E-state index contributed by atoms with van der Waals surface area (Å²) in [5, 5.41) is 0. The summed E-state index contributed by atoms with van der Waals surface area (Å²) < 4.78 is 5.94. The molecule has 0 aliphatic heterocycles. The van der Waals surface area contributed by atoms with Crippen molar-refractivity contribution in [2.75, 3.05) is 0 Å². The van der Waals surface area contributed by atoms with Gasteiger partial charge < -0.3 is 24.8 Å². The van der Waals surface area contributed by atoms with Crippen LogP contribution in [0.1, 0.15) is 84.6 Å². The molecular weight excluding hydrogens is 485 g/mol. The van der Waals surface area contributed by atoms with Crippen molar-refractivity contribution >= 4 is 10.1 Å². The normalized spacial score (nSPS) is 12.7. The van der Waals surface area contributed by atoms with Crippen LogP contribution in [0.15, 0.2) is 30.3 Å². The molecule has 176 valence electrons. The molecule has 0 fully saturated rings. The molecule has 0 atom stereocenters. The van der Waals surface area contributed by atoms with E-state index in [1.54, 1.807) is 15.0 Å². The Hall–Kier alpha value is -0.0888. The molecule has 32 heavy (non-hydrogen) atoms. The van der Waals surface area contributed by atoms with E-state index in [1.807, 2.05) is 0 Å². The van der Waals surface area contributed by atoms with Crippen LogP contribution in [0.5, 0.6) is 0 Å². The number of halogens is 2. The first-order valence-electron chi connectivity index (χ1n) is 11.4. The molecule has 0 amide bonds. The van der Waals surface area contributed by atoms with E-state index in [2.05, 4.69) is 110 Å². The van der Waals surface area contributed by atoms with Gasteiger partial charge in [-0.2, -0.15) is 0 Å². The van der Waals surface area contributed by atoms with E-state index in [0.717, 1.165) is 6.42 Å². The third-order valence-corrected chi connectivity index (χ3v) is 16.5. The van der Waals surface area contributed by atoms with Crippen LogP contribution in [-0.2, 0) is 34.1 Å². The first-order chi connectivity index (χ1) is 13.6. The van der Waals surface area contributed by atoms with E-state index >= 15 is 0 Å². The van der Waals surface area contributed by atoms with Gasteiger partial charge in [0.1, 0.15) is 0 Å². The Morgan fingerprint density at radius 1 is 0.781 bits per heavy atom. The minimum Gasteiger partial charge on any atom is -1.00 e. The monoisotopic (exact) mass is 525 g/mol. The van der Waals surface area contributed by atoms with Crippen molar-refractivity contribution in [1.82, 2.24) is 3.80 Å². The predicted molar refractivity (Wildman–Crippen MR) is 132 cm³/mol. The second-order valence-corrected chi connectivity index (χ2v) is 23.4. The van der Waals surface area contributed by atoms with Crippen LogP contribution in [0, 0.1) is 0 Å². The van der Waals surface area contributed by atoms with E-state index < -0.39 is 23.0 Å². The maximum atomic E-state index is 4.19. The van der Waals surface area contributed by atoms with Crippen molar-refractivity contribution in [2.45, 2.75) is 98.2 Å². The zero-order valence-corrected chi connectivity index (χ0v) is 25.9. The topological polar surface area (TPSA) is 12.0 Å². The number of fused-ring (bicyclic) bond motifs is 3. The second kappa shape index (κ2) is 10.3. The number of benzene rings is 2. The van der Waals surface area contributed by atoms with Crippen molar-refractivity contribution in [3.8, 4) is 11.1 Å². The fraction of sp³-hybridized carbons (Fsp3) is 0.556. The predicted octanol–water partition coefficient (Wildman–Crippen LogP) is 0.659. The number of hydrogen-bond donors (Lipinski definition) is 1. The van der Waals surface area contributed by atoms with Gasteiger partial charge in [0, 0.05) is 0 Å². The Balaban J connectivity index is 0.00000256. The molecule has 0 unspecified atom stereocenters. The van der Waals surface area contributed by atoms with Gasteiger partial charge in [-0.1, -0.05) is 0 Å². The van der Waals surface area contributed by atoms with Crippen LogP contribution in [0.3, 0.4) is 0 Å². The quantitative estimate of drug-likeness (QED) is 0.484. The molecule has 0 bridgehead atoms. The molecule has 1 N–H and O–H groups in total. The molecule has 0 heterocycles. The molecule has 0 saturated heterocycles. The van der Waals surface area contributed by atoms with Crippen LogP contribution in [-0.4, -0.2) is 11.7 Å². The average molecular weight is 526 g/mol. The molecule has 1 aliphatic carbocycles. The zero-order valence-electron chi connectivity index (χ0n) is 21.8. The molecule has 0 saturated carbocycles. The first kappa shape index (κ1) is 29.9. The van der Waals surface area contributed by atoms with Crippen molar-refractivity contribution < 1.29 is 41.7 Å². The molecule has 2 aromatic rings. The third kappa shape index (κ3) is 6.32. The Kier molecular flexibility index (Phi) is 9.60. The van der Waals surface area contributed by atoms with E-state index in [0.29, 0.717) is 0 Å². The molecular formula is C27H41Cl2NSiTi. The minimum absolute atomic E-state index is 0. The van der Waals surface area contributed by atoms with E-state index in [-0.39, 0.29) is 41.2 Å². The van der Waals surface area contributed by atoms with E-state index in [4.69, 9.17) is 0 Å². The fourth-order valence-corrected chi connectivity index (χ4v) is 14.8. The summed E-state index contributed by atoms with van der Waals surface area (Å²) in [6, 6.07) is 12.1. The largest absolute Gasteiger partial charge is 1.00 e. The average Bonchev–Trinajstić information content (AvgIpc) is 2.94. The zero-order chi connectivity index (χ0) is 22.6. The van der Waals surface area contributed by atoms with Crippen LogP contribution in [0.4, 0.5) is 0 Å². The smallest absolute Gasteiger partial charge is 1.00 e. The molecule has 0 aromatic heterocycles. The van der Waals surface area contributed by atoms with Gasteiger partial charge in [0.15, 0.2) is 0 Å². The summed E-state index contributed by atoms with van der Waals surface area (Å²) >= 11 is -1.65. The van der Waals surface area contributed by atoms with Crippen LogP contribution in [0.2, 0.25) is 13.1 Å².